The largest absolute Gasteiger partial charge is 0.452 e. The van der Waals surface area contributed by atoms with E-state index in [1.165, 1.54) is 41.8 Å². The first-order valence-corrected chi connectivity index (χ1v) is 21.4. The van der Waals surface area contributed by atoms with E-state index in [4.69, 9.17) is 9.47 Å². The summed E-state index contributed by atoms with van der Waals surface area (Å²) in [5.74, 6) is 3.38. The minimum absolute atomic E-state index is 0.810. The summed E-state index contributed by atoms with van der Waals surface area (Å²) in [5.41, 5.74) is 1.09. The molecule has 0 bridgehead atoms. The number of benzene rings is 7. The Balaban J connectivity index is 1.48. The number of aromatic nitrogens is 1. The smallest absolute Gasteiger partial charge is 0.208 e. The molecule has 242 valence electrons. The Morgan fingerprint density at radius 1 is 0.314 bits per heavy atom. The number of ether oxygens (including phenoxy) is 2. The molecule has 0 N–H and O–H groups in total. The van der Waals surface area contributed by atoms with Crippen molar-refractivity contribution in [2.24, 2.45) is 0 Å². The van der Waals surface area contributed by atoms with Crippen LogP contribution < -0.4 is 51.2 Å². The van der Waals surface area contributed by atoms with Gasteiger partial charge < -0.3 is 14.0 Å². The Morgan fingerprint density at radius 2 is 0.608 bits per heavy atom. The molecular weight excluding hydrogens is 655 g/mol. The van der Waals surface area contributed by atoms with Crippen LogP contribution in [0, 0.1) is 0 Å². The molecule has 2 aliphatic heterocycles. The first-order chi connectivity index (χ1) is 25.3. The second kappa shape index (κ2) is 11.7. The number of hydrogen-bond donors (Lipinski definition) is 0. The molecule has 0 fully saturated rings. The normalized spacial score (nSPS) is 14.5. The van der Waals surface area contributed by atoms with Crippen LogP contribution in [0.25, 0.3) is 5.69 Å². The molecule has 0 aliphatic carbocycles. The lowest BCUT2D eigenvalue weighted by Crippen LogP contribution is -2.80. The maximum absolute atomic E-state index is 7.27. The van der Waals surface area contributed by atoms with Crippen molar-refractivity contribution in [2.75, 3.05) is 0 Å². The summed E-state index contributed by atoms with van der Waals surface area (Å²) in [7, 11) is -6.21. The van der Waals surface area contributed by atoms with Crippen LogP contribution in [0.15, 0.2) is 200 Å². The first kappa shape index (κ1) is 29.7. The van der Waals surface area contributed by atoms with Crippen molar-refractivity contribution in [2.45, 2.75) is 0 Å². The molecule has 2 aliphatic rings. The fourth-order valence-electron chi connectivity index (χ4n) is 8.69. The zero-order valence-electron chi connectivity index (χ0n) is 27.8. The summed E-state index contributed by atoms with van der Waals surface area (Å²) < 4.78 is 17.1. The number of hydrogen-bond acceptors (Lipinski definition) is 2. The SMILES string of the molecule is c1ccc(-n2c3c(c4c2[Si](c2ccccc2)(c2ccccc2)c2ccccc2O4)Oc2ccccc2[Si]3(c2ccccc2)c2ccccc2)cc1. The van der Waals surface area contributed by atoms with Gasteiger partial charge in [-0.25, -0.2) is 0 Å². The molecule has 3 nitrogen and oxygen atoms in total. The average molecular weight is 688 g/mol. The van der Waals surface area contributed by atoms with Gasteiger partial charge in [0.05, 0.1) is 10.6 Å². The predicted octanol–water partition coefficient (Wildman–Crippen LogP) is 5.44. The monoisotopic (exact) mass is 687 g/mol. The van der Waals surface area contributed by atoms with E-state index in [0.29, 0.717) is 0 Å². The molecule has 51 heavy (non-hydrogen) atoms. The maximum Gasteiger partial charge on any atom is 0.208 e. The molecule has 0 unspecified atom stereocenters. The van der Waals surface area contributed by atoms with Crippen LogP contribution in [-0.4, -0.2) is 20.7 Å². The van der Waals surface area contributed by atoms with Crippen molar-refractivity contribution < 1.29 is 9.47 Å². The Bertz CT molecular complexity index is 2280. The molecule has 8 aromatic rings. The summed E-state index contributed by atoms with van der Waals surface area (Å²) in [6.45, 7) is 0. The average Bonchev–Trinajstić information content (AvgIpc) is 3.54. The third kappa shape index (κ3) is 4.16. The minimum Gasteiger partial charge on any atom is -0.452 e. The van der Waals surface area contributed by atoms with Gasteiger partial charge in [0.1, 0.15) is 11.5 Å². The number of rotatable bonds is 5. The minimum atomic E-state index is -3.11. The second-order valence-corrected chi connectivity index (χ2v) is 20.5. The van der Waals surface area contributed by atoms with Gasteiger partial charge in [-0.1, -0.05) is 176 Å². The van der Waals surface area contributed by atoms with Crippen molar-refractivity contribution in [1.29, 1.82) is 0 Å². The van der Waals surface area contributed by atoms with Gasteiger partial charge in [0.2, 0.25) is 16.1 Å². The summed E-state index contributed by atoms with van der Waals surface area (Å²) in [5, 5.41) is 9.98. The molecule has 0 saturated heterocycles. The third-order valence-corrected chi connectivity index (χ3v) is 20.2. The van der Waals surface area contributed by atoms with Crippen LogP contribution in [0.1, 0.15) is 0 Å². The van der Waals surface area contributed by atoms with Crippen molar-refractivity contribution in [3.63, 3.8) is 0 Å². The molecule has 10 rings (SSSR count). The lowest BCUT2D eigenvalue weighted by Gasteiger charge is -2.40. The molecule has 3 heterocycles. The van der Waals surface area contributed by atoms with Crippen molar-refractivity contribution in [3.05, 3.63) is 200 Å². The van der Waals surface area contributed by atoms with Gasteiger partial charge in [-0.3, -0.25) is 0 Å². The van der Waals surface area contributed by atoms with E-state index in [1.54, 1.807) is 0 Å². The third-order valence-electron chi connectivity index (χ3n) is 10.6. The highest BCUT2D eigenvalue weighted by Gasteiger charge is 2.58. The van der Waals surface area contributed by atoms with E-state index in [1.807, 2.05) is 0 Å². The van der Waals surface area contributed by atoms with Gasteiger partial charge >= 0.3 is 0 Å². The number of para-hydroxylation sites is 3. The zero-order valence-corrected chi connectivity index (χ0v) is 29.8. The topological polar surface area (TPSA) is 23.4 Å². The van der Waals surface area contributed by atoms with Crippen molar-refractivity contribution in [1.82, 2.24) is 4.57 Å². The van der Waals surface area contributed by atoms with Gasteiger partial charge in [-0.2, -0.15) is 0 Å². The molecule has 0 atom stereocenters. The molecule has 0 saturated carbocycles. The fourth-order valence-corrected chi connectivity index (χ4v) is 19.0. The molecule has 0 radical (unpaired) electrons. The number of nitrogens with zero attached hydrogens (tertiary/aromatic N) is 1. The highest BCUT2D eigenvalue weighted by Crippen LogP contribution is 2.43. The van der Waals surface area contributed by atoms with E-state index < -0.39 is 16.1 Å². The van der Waals surface area contributed by atoms with Gasteiger partial charge in [-0.15, -0.1) is 0 Å². The van der Waals surface area contributed by atoms with Crippen molar-refractivity contribution in [3.8, 4) is 28.7 Å². The van der Waals surface area contributed by atoms with E-state index in [9.17, 15) is 0 Å². The molecular formula is C46H33NO2Si2. The van der Waals surface area contributed by atoms with E-state index >= 15 is 0 Å². The summed E-state index contributed by atoms with van der Waals surface area (Å²) in [6, 6.07) is 72.7. The van der Waals surface area contributed by atoms with Crippen LogP contribution in [0.2, 0.25) is 0 Å². The lowest BCUT2D eigenvalue weighted by molar-refractivity contribution is 0.427. The Kier molecular flexibility index (Phi) is 6.84. The molecule has 0 amide bonds. The van der Waals surface area contributed by atoms with E-state index in [-0.39, 0.29) is 0 Å². The summed E-state index contributed by atoms with van der Waals surface area (Å²) in [4.78, 5) is 0. The highest BCUT2D eigenvalue weighted by atomic mass is 28.3. The van der Waals surface area contributed by atoms with Crippen LogP contribution in [0.3, 0.4) is 0 Å². The van der Waals surface area contributed by atoms with Crippen LogP contribution in [0.4, 0.5) is 0 Å². The Morgan fingerprint density at radius 3 is 0.961 bits per heavy atom. The van der Waals surface area contributed by atoms with Gasteiger partial charge in [-0.05, 0) is 55.4 Å². The van der Waals surface area contributed by atoms with Crippen molar-refractivity contribution >= 4 is 57.9 Å². The second-order valence-electron chi connectivity index (χ2n) is 13.2. The van der Waals surface area contributed by atoms with Crippen LogP contribution in [0.5, 0.6) is 23.0 Å². The van der Waals surface area contributed by atoms with Crippen LogP contribution in [-0.2, 0) is 0 Å². The van der Waals surface area contributed by atoms with E-state index in [0.717, 1.165) is 28.7 Å². The standard InChI is InChI=1S/C46H33NO2Si2/c1-6-20-34(21-7-1)47-45-43(48-39-30-16-18-32-41(39)50(45,35-22-8-2-9-23-35)36-24-10-3-11-25-36)44-46(47)51(37-26-12-4-13-27-37,38-28-14-5-15-29-38)42-33-19-17-31-40(42)49-44/h1-33H. The van der Waals surface area contributed by atoms with Gasteiger partial charge in [0.15, 0.2) is 11.5 Å². The maximum atomic E-state index is 7.27. The first-order valence-electron chi connectivity index (χ1n) is 17.4. The summed E-state index contributed by atoms with van der Waals surface area (Å²) in [6.07, 6.45) is 0. The fraction of sp³-hybridized carbons (Fsp3) is 0. The zero-order chi connectivity index (χ0) is 33.8. The molecule has 1 aromatic heterocycles. The van der Waals surface area contributed by atoms with Gasteiger partial charge in [0, 0.05) is 5.69 Å². The number of fused-ring (bicyclic) bond motifs is 5. The van der Waals surface area contributed by atoms with Gasteiger partial charge in [0.25, 0.3) is 0 Å². The summed E-state index contributed by atoms with van der Waals surface area (Å²) >= 11 is 0. The predicted molar refractivity (Wildman–Crippen MR) is 213 cm³/mol. The Labute approximate surface area is 299 Å². The quantitative estimate of drug-likeness (QED) is 0.225. The molecule has 5 heteroatoms. The van der Waals surface area contributed by atoms with E-state index in [2.05, 4.69) is 205 Å². The van der Waals surface area contributed by atoms with Crippen LogP contribution >= 0.6 is 0 Å². The highest BCUT2D eigenvalue weighted by molar-refractivity contribution is 7.23. The molecule has 7 aromatic carbocycles. The Hall–Kier alpha value is -6.15. The lowest BCUT2D eigenvalue weighted by atomic mass is 10.3. The molecule has 0 spiro atoms.